The highest BCUT2D eigenvalue weighted by molar-refractivity contribution is 6.05. The molecular weight excluding hydrogens is 475 g/mol. The number of alkyl halides is 3. The van der Waals surface area contributed by atoms with Crippen LogP contribution in [0.3, 0.4) is 0 Å². The molecule has 0 spiro atoms. The Balaban J connectivity index is 1.58. The van der Waals surface area contributed by atoms with E-state index in [1.165, 1.54) is 29.1 Å². The van der Waals surface area contributed by atoms with Gasteiger partial charge in [-0.1, -0.05) is 24.3 Å². The molecule has 0 bridgehead atoms. The van der Waals surface area contributed by atoms with Crippen LogP contribution in [0.5, 0.6) is 0 Å². The molecule has 182 valence electrons. The van der Waals surface area contributed by atoms with Crippen LogP contribution in [0.15, 0.2) is 65.6 Å². The van der Waals surface area contributed by atoms with Gasteiger partial charge in [-0.05, 0) is 43.7 Å². The number of fused-ring (bicyclic) bond motifs is 1. The van der Waals surface area contributed by atoms with Gasteiger partial charge in [0, 0.05) is 6.07 Å². The third-order valence-electron chi connectivity index (χ3n) is 5.42. The van der Waals surface area contributed by atoms with Crippen LogP contribution in [0.4, 0.5) is 19.0 Å². The van der Waals surface area contributed by atoms with Gasteiger partial charge >= 0.3 is 6.18 Å². The summed E-state index contributed by atoms with van der Waals surface area (Å²) in [6.07, 6.45) is -3.32. The zero-order valence-electron chi connectivity index (χ0n) is 19.0. The maximum Gasteiger partial charge on any atom is 0.417 e. The second kappa shape index (κ2) is 8.48. The van der Waals surface area contributed by atoms with Gasteiger partial charge in [0.25, 0.3) is 11.5 Å². The highest BCUT2D eigenvalue weighted by Crippen LogP contribution is 2.32. The summed E-state index contributed by atoms with van der Waals surface area (Å²) in [6.45, 7) is 3.54. The molecule has 12 heteroatoms. The average Bonchev–Trinajstić information content (AvgIpc) is 3.42. The summed E-state index contributed by atoms with van der Waals surface area (Å²) in [6, 6.07) is 13.3. The number of benzene rings is 2. The topological polar surface area (TPSA) is 110 Å². The Bertz CT molecular complexity index is 1680. The molecule has 0 fully saturated rings. The van der Waals surface area contributed by atoms with Crippen molar-refractivity contribution in [3.8, 4) is 11.6 Å². The predicted octanol–water partition coefficient (Wildman–Crippen LogP) is 4.18. The van der Waals surface area contributed by atoms with E-state index in [1.807, 2.05) is 31.2 Å². The molecule has 2 aromatic carbocycles. The Hall–Kier alpha value is -4.74. The van der Waals surface area contributed by atoms with Gasteiger partial charge < -0.3 is 5.32 Å². The second-order valence-corrected chi connectivity index (χ2v) is 8.10. The van der Waals surface area contributed by atoms with Crippen molar-refractivity contribution in [2.45, 2.75) is 20.0 Å². The Morgan fingerprint density at radius 3 is 2.56 bits per heavy atom. The van der Waals surface area contributed by atoms with Crippen molar-refractivity contribution in [1.29, 1.82) is 0 Å². The molecular formula is C24H18F3N7O2. The fourth-order valence-corrected chi connectivity index (χ4v) is 3.82. The van der Waals surface area contributed by atoms with Gasteiger partial charge in [-0.2, -0.15) is 33.0 Å². The monoisotopic (exact) mass is 493 g/mol. The molecule has 9 nitrogen and oxygen atoms in total. The molecule has 1 amide bonds. The highest BCUT2D eigenvalue weighted by atomic mass is 19.4. The number of H-pyrrole nitrogens is 1. The van der Waals surface area contributed by atoms with E-state index in [0.29, 0.717) is 11.4 Å². The van der Waals surface area contributed by atoms with Crippen LogP contribution in [0, 0.1) is 13.8 Å². The zero-order valence-corrected chi connectivity index (χ0v) is 19.0. The van der Waals surface area contributed by atoms with Crippen molar-refractivity contribution in [2.75, 3.05) is 5.32 Å². The number of aromatic amines is 1. The molecule has 0 aliphatic heterocycles. The molecule has 0 aliphatic rings. The molecule has 2 N–H and O–H groups in total. The van der Waals surface area contributed by atoms with Crippen LogP contribution < -0.4 is 10.9 Å². The predicted molar refractivity (Wildman–Crippen MR) is 125 cm³/mol. The molecule has 0 radical (unpaired) electrons. The van der Waals surface area contributed by atoms with Crippen LogP contribution in [0.25, 0.3) is 22.7 Å². The van der Waals surface area contributed by atoms with Crippen LogP contribution in [-0.2, 0) is 6.18 Å². The van der Waals surface area contributed by atoms with Crippen molar-refractivity contribution in [1.82, 2.24) is 29.5 Å². The SMILES string of the molecule is Cc1cccc(-n2ncc3c(=O)[nH]c(-n4nc(C)cc4NC(=O)c4ccccc4C(F)(F)F)nc32)c1. The molecule has 5 aromatic rings. The van der Waals surface area contributed by atoms with Crippen LogP contribution >= 0.6 is 0 Å². The number of carbonyl (C=O) groups excluding carboxylic acids is 1. The lowest BCUT2D eigenvalue weighted by atomic mass is 10.1. The first-order valence-electron chi connectivity index (χ1n) is 10.7. The van der Waals surface area contributed by atoms with Gasteiger partial charge in [0.1, 0.15) is 11.2 Å². The first-order chi connectivity index (χ1) is 17.1. The summed E-state index contributed by atoms with van der Waals surface area (Å²) in [4.78, 5) is 32.7. The van der Waals surface area contributed by atoms with Gasteiger partial charge in [0.05, 0.1) is 28.7 Å². The minimum absolute atomic E-state index is 0.0265. The second-order valence-electron chi connectivity index (χ2n) is 8.10. The van der Waals surface area contributed by atoms with Crippen LogP contribution in [-0.4, -0.2) is 35.4 Å². The number of anilines is 1. The Kier molecular flexibility index (Phi) is 5.43. The first-order valence-corrected chi connectivity index (χ1v) is 10.7. The Morgan fingerprint density at radius 1 is 1.03 bits per heavy atom. The lowest BCUT2D eigenvalue weighted by molar-refractivity contribution is -0.137. The number of aromatic nitrogens is 6. The van der Waals surface area contributed by atoms with Gasteiger partial charge in [0.2, 0.25) is 5.95 Å². The fraction of sp³-hybridized carbons (Fsp3) is 0.125. The van der Waals surface area contributed by atoms with Crippen LogP contribution in [0.1, 0.15) is 27.2 Å². The number of hydrogen-bond donors (Lipinski definition) is 2. The van der Waals surface area contributed by atoms with Crippen molar-refractivity contribution < 1.29 is 18.0 Å². The molecule has 0 aliphatic carbocycles. The van der Waals surface area contributed by atoms with Crippen molar-refractivity contribution in [3.05, 3.63) is 93.5 Å². The van der Waals surface area contributed by atoms with E-state index in [2.05, 4.69) is 25.5 Å². The molecule has 3 heterocycles. The summed E-state index contributed by atoms with van der Waals surface area (Å²) < 4.78 is 42.9. The quantitative estimate of drug-likeness (QED) is 0.390. The number of hydrogen-bond acceptors (Lipinski definition) is 5. The highest BCUT2D eigenvalue weighted by Gasteiger charge is 2.35. The largest absolute Gasteiger partial charge is 0.417 e. The number of amides is 1. The summed E-state index contributed by atoms with van der Waals surface area (Å²) in [7, 11) is 0. The molecule has 36 heavy (non-hydrogen) atoms. The third kappa shape index (κ3) is 4.13. The van der Waals surface area contributed by atoms with E-state index in [-0.39, 0.29) is 22.8 Å². The molecule has 0 saturated heterocycles. The van der Waals surface area contributed by atoms with Crippen molar-refractivity contribution in [2.24, 2.45) is 0 Å². The average molecular weight is 493 g/mol. The van der Waals surface area contributed by atoms with Gasteiger partial charge in [-0.25, -0.2) is 4.68 Å². The number of nitrogens with zero attached hydrogens (tertiary/aromatic N) is 5. The normalized spacial score (nSPS) is 11.7. The minimum Gasteiger partial charge on any atom is -0.306 e. The smallest absolute Gasteiger partial charge is 0.306 e. The molecule has 5 rings (SSSR count). The van der Waals surface area contributed by atoms with Crippen LogP contribution in [0.2, 0.25) is 0 Å². The van der Waals surface area contributed by atoms with Gasteiger partial charge in [-0.15, -0.1) is 0 Å². The molecule has 3 aromatic heterocycles. The number of halogens is 3. The zero-order chi connectivity index (χ0) is 25.6. The van der Waals surface area contributed by atoms with E-state index in [0.717, 1.165) is 22.4 Å². The first kappa shape index (κ1) is 23.0. The maximum atomic E-state index is 13.4. The number of nitrogens with one attached hydrogen (secondary N) is 2. The third-order valence-corrected chi connectivity index (χ3v) is 5.42. The summed E-state index contributed by atoms with van der Waals surface area (Å²) >= 11 is 0. The van der Waals surface area contributed by atoms with E-state index in [4.69, 9.17) is 0 Å². The lowest BCUT2D eigenvalue weighted by Crippen LogP contribution is -2.21. The van der Waals surface area contributed by atoms with Gasteiger partial charge in [0.15, 0.2) is 5.65 Å². The Morgan fingerprint density at radius 2 is 1.81 bits per heavy atom. The summed E-state index contributed by atoms with van der Waals surface area (Å²) in [5, 5.41) is 11.2. The number of rotatable bonds is 4. The lowest BCUT2D eigenvalue weighted by Gasteiger charge is -2.13. The van der Waals surface area contributed by atoms with Gasteiger partial charge in [-0.3, -0.25) is 14.6 Å². The van der Waals surface area contributed by atoms with E-state index in [1.54, 1.807) is 6.92 Å². The van der Waals surface area contributed by atoms with Crippen molar-refractivity contribution in [3.63, 3.8) is 0 Å². The minimum atomic E-state index is -4.71. The number of carbonyl (C=O) groups is 1. The van der Waals surface area contributed by atoms with E-state index >= 15 is 0 Å². The Labute approximate surface area is 201 Å². The maximum absolute atomic E-state index is 13.4. The summed E-state index contributed by atoms with van der Waals surface area (Å²) in [5.74, 6) is -1.01. The summed E-state index contributed by atoms with van der Waals surface area (Å²) in [5.41, 5.74) is 0.222. The van der Waals surface area contributed by atoms with E-state index in [9.17, 15) is 22.8 Å². The fourth-order valence-electron chi connectivity index (χ4n) is 3.82. The molecule has 0 saturated carbocycles. The standard InChI is InChI=1S/C24H18F3N7O2/c1-13-6-5-7-15(10-13)33-20-17(12-28-33)22(36)31-23(30-20)34-19(11-14(2)32-34)29-21(35)16-8-3-4-9-18(16)24(25,26)27/h3-12H,1-2H3,(H,29,35)(H,30,31,36). The molecule has 0 atom stereocenters. The molecule has 0 unspecified atom stereocenters. The van der Waals surface area contributed by atoms with E-state index < -0.39 is 28.8 Å². The van der Waals surface area contributed by atoms with Crippen molar-refractivity contribution >= 4 is 22.8 Å². The number of aryl methyl sites for hydroxylation is 2.